The molecule has 0 heterocycles. The number of aryl methyl sites for hydroxylation is 1. The molecule has 0 amide bonds. The molecule has 5 heteroatoms. The normalized spacial score (nSPS) is 10.3. The maximum absolute atomic E-state index is 13.6. The van der Waals surface area contributed by atoms with Crippen LogP contribution in [0.15, 0.2) is 46.2 Å². The van der Waals surface area contributed by atoms with Crippen molar-refractivity contribution in [1.29, 1.82) is 0 Å². The van der Waals surface area contributed by atoms with Gasteiger partial charge in [-0.3, -0.25) is 0 Å². The fourth-order valence-corrected chi connectivity index (χ4v) is 2.74. The average Bonchev–Trinajstić information content (AvgIpc) is 2.44. The van der Waals surface area contributed by atoms with Gasteiger partial charge in [0.15, 0.2) is 0 Å². The van der Waals surface area contributed by atoms with Crippen molar-refractivity contribution in [2.75, 3.05) is 12.8 Å². The molecule has 0 radical (unpaired) electrons. The van der Waals surface area contributed by atoms with Gasteiger partial charge in [-0.15, -0.1) is 0 Å². The lowest BCUT2D eigenvalue weighted by Gasteiger charge is -2.10. The summed E-state index contributed by atoms with van der Waals surface area (Å²) in [6.45, 7) is 1.80. The maximum Gasteiger partial charge on any atom is 0.340 e. The Balaban J connectivity index is 2.41. The fraction of sp³-hybridized carbons (Fsp3) is 0.133. The Bertz CT molecular complexity index is 658. The van der Waals surface area contributed by atoms with Crippen LogP contribution in [-0.4, -0.2) is 13.1 Å². The molecule has 0 saturated carbocycles. The molecule has 0 bridgehead atoms. The van der Waals surface area contributed by atoms with Crippen LogP contribution in [-0.2, 0) is 4.74 Å². The third-order valence-corrected chi connectivity index (χ3v) is 3.85. The topological polar surface area (TPSA) is 52.3 Å². The lowest BCUT2D eigenvalue weighted by atomic mass is 10.1. The van der Waals surface area contributed by atoms with Gasteiger partial charge in [-0.1, -0.05) is 23.9 Å². The van der Waals surface area contributed by atoms with Gasteiger partial charge in [-0.2, -0.15) is 0 Å². The van der Waals surface area contributed by atoms with Crippen molar-refractivity contribution in [1.82, 2.24) is 0 Å². The van der Waals surface area contributed by atoms with E-state index in [-0.39, 0.29) is 5.82 Å². The molecular weight excluding hydrogens is 277 g/mol. The van der Waals surface area contributed by atoms with Crippen LogP contribution < -0.4 is 5.73 Å². The van der Waals surface area contributed by atoms with Gasteiger partial charge >= 0.3 is 5.97 Å². The molecule has 2 N–H and O–H groups in total. The minimum atomic E-state index is -0.499. The second-order valence-electron chi connectivity index (χ2n) is 4.23. The van der Waals surface area contributed by atoms with Crippen LogP contribution in [0.3, 0.4) is 0 Å². The van der Waals surface area contributed by atoms with Crippen LogP contribution in [0.25, 0.3) is 0 Å². The van der Waals surface area contributed by atoms with Gasteiger partial charge in [0.1, 0.15) is 5.82 Å². The van der Waals surface area contributed by atoms with E-state index in [2.05, 4.69) is 0 Å². The summed E-state index contributed by atoms with van der Waals surface area (Å²) in [5.74, 6) is -0.798. The Labute approximate surface area is 120 Å². The molecule has 0 unspecified atom stereocenters. The third-order valence-electron chi connectivity index (χ3n) is 2.83. The van der Waals surface area contributed by atoms with Crippen LogP contribution in [0.2, 0.25) is 0 Å². The number of carbonyl (C=O) groups is 1. The molecule has 2 aromatic carbocycles. The van der Waals surface area contributed by atoms with Crippen LogP contribution in [0.4, 0.5) is 10.1 Å². The van der Waals surface area contributed by atoms with E-state index in [9.17, 15) is 9.18 Å². The van der Waals surface area contributed by atoms with Gasteiger partial charge in [0, 0.05) is 15.5 Å². The van der Waals surface area contributed by atoms with Gasteiger partial charge in [0.2, 0.25) is 0 Å². The molecule has 0 aliphatic carbocycles. The van der Waals surface area contributed by atoms with Crippen molar-refractivity contribution in [3.8, 4) is 0 Å². The minimum Gasteiger partial charge on any atom is -0.465 e. The van der Waals surface area contributed by atoms with Crippen molar-refractivity contribution in [3.63, 3.8) is 0 Å². The van der Waals surface area contributed by atoms with E-state index >= 15 is 0 Å². The molecule has 104 valence electrons. The van der Waals surface area contributed by atoms with Gasteiger partial charge in [-0.25, -0.2) is 9.18 Å². The highest BCUT2D eigenvalue weighted by atomic mass is 32.2. The zero-order chi connectivity index (χ0) is 14.7. The molecule has 3 nitrogen and oxygen atoms in total. The Morgan fingerprint density at radius 3 is 2.65 bits per heavy atom. The Hall–Kier alpha value is -2.01. The van der Waals surface area contributed by atoms with E-state index in [4.69, 9.17) is 10.5 Å². The summed E-state index contributed by atoms with van der Waals surface area (Å²) in [5.41, 5.74) is 7.30. The number of nitrogen functional groups attached to an aromatic ring is 1. The predicted octanol–water partition coefficient (Wildman–Crippen LogP) is 3.65. The SMILES string of the molecule is COC(=O)c1cc(Sc2ccccc2F)cc(C)c1N. The first-order valence-electron chi connectivity index (χ1n) is 5.93. The number of esters is 1. The van der Waals surface area contributed by atoms with Gasteiger partial charge in [0.25, 0.3) is 0 Å². The monoisotopic (exact) mass is 291 g/mol. The van der Waals surface area contributed by atoms with E-state index in [1.165, 1.54) is 24.9 Å². The molecule has 2 rings (SSSR count). The second kappa shape index (κ2) is 5.96. The van der Waals surface area contributed by atoms with Crippen molar-refractivity contribution >= 4 is 23.4 Å². The zero-order valence-electron chi connectivity index (χ0n) is 11.1. The summed E-state index contributed by atoms with van der Waals surface area (Å²) in [4.78, 5) is 12.9. The fourth-order valence-electron chi connectivity index (χ4n) is 1.76. The van der Waals surface area contributed by atoms with Crippen molar-refractivity contribution in [2.24, 2.45) is 0 Å². The summed E-state index contributed by atoms with van der Waals surface area (Å²) in [7, 11) is 1.30. The molecule has 0 atom stereocenters. The highest BCUT2D eigenvalue weighted by Crippen LogP contribution is 2.33. The molecular formula is C15H14FNO2S. The van der Waals surface area contributed by atoms with Crippen LogP contribution in [0.5, 0.6) is 0 Å². The summed E-state index contributed by atoms with van der Waals surface area (Å²) >= 11 is 1.24. The number of nitrogens with two attached hydrogens (primary N) is 1. The highest BCUT2D eigenvalue weighted by Gasteiger charge is 2.14. The van der Waals surface area contributed by atoms with Crippen molar-refractivity contribution in [3.05, 3.63) is 53.3 Å². The number of hydrogen-bond acceptors (Lipinski definition) is 4. The van der Waals surface area contributed by atoms with Gasteiger partial charge in [0.05, 0.1) is 12.7 Å². The van der Waals surface area contributed by atoms with E-state index in [0.717, 1.165) is 10.5 Å². The number of ether oxygens (including phenoxy) is 1. The van der Waals surface area contributed by atoms with Gasteiger partial charge in [-0.05, 0) is 36.8 Å². The highest BCUT2D eigenvalue weighted by molar-refractivity contribution is 7.99. The average molecular weight is 291 g/mol. The second-order valence-corrected chi connectivity index (χ2v) is 5.34. The molecule has 2 aromatic rings. The Morgan fingerprint density at radius 2 is 2.00 bits per heavy atom. The Kier molecular flexibility index (Phi) is 4.29. The summed E-state index contributed by atoms with van der Waals surface area (Å²) < 4.78 is 18.3. The standard InChI is InChI=1S/C15H14FNO2S/c1-9-7-10(8-11(14(9)17)15(18)19-2)20-13-6-4-3-5-12(13)16/h3-8H,17H2,1-2H3. The van der Waals surface area contributed by atoms with Crippen LogP contribution in [0, 0.1) is 12.7 Å². The summed E-state index contributed by atoms with van der Waals surface area (Å²) in [5, 5.41) is 0. The van der Waals surface area contributed by atoms with E-state index in [0.29, 0.717) is 16.1 Å². The van der Waals surface area contributed by atoms with Crippen molar-refractivity contribution in [2.45, 2.75) is 16.7 Å². The number of benzene rings is 2. The smallest absolute Gasteiger partial charge is 0.340 e. The Morgan fingerprint density at radius 1 is 1.30 bits per heavy atom. The zero-order valence-corrected chi connectivity index (χ0v) is 12.0. The molecule has 20 heavy (non-hydrogen) atoms. The number of rotatable bonds is 3. The summed E-state index contributed by atoms with van der Waals surface area (Å²) in [6, 6.07) is 9.91. The summed E-state index contributed by atoms with van der Waals surface area (Å²) in [6.07, 6.45) is 0. The quantitative estimate of drug-likeness (QED) is 0.692. The van der Waals surface area contributed by atoms with E-state index < -0.39 is 5.97 Å². The first-order valence-corrected chi connectivity index (χ1v) is 6.75. The molecule has 0 spiro atoms. The first-order chi connectivity index (χ1) is 9.52. The number of carbonyl (C=O) groups excluding carboxylic acids is 1. The number of methoxy groups -OCH3 is 1. The van der Waals surface area contributed by atoms with Gasteiger partial charge < -0.3 is 10.5 Å². The molecule has 0 aromatic heterocycles. The first kappa shape index (κ1) is 14.4. The molecule has 0 saturated heterocycles. The molecule has 0 fully saturated rings. The number of halogens is 1. The largest absolute Gasteiger partial charge is 0.465 e. The van der Waals surface area contributed by atoms with E-state index in [1.807, 2.05) is 6.07 Å². The molecule has 0 aliphatic heterocycles. The van der Waals surface area contributed by atoms with Crippen LogP contribution >= 0.6 is 11.8 Å². The maximum atomic E-state index is 13.6. The number of hydrogen-bond donors (Lipinski definition) is 1. The molecule has 0 aliphatic rings. The van der Waals surface area contributed by atoms with Crippen LogP contribution in [0.1, 0.15) is 15.9 Å². The lowest BCUT2D eigenvalue weighted by Crippen LogP contribution is -2.07. The van der Waals surface area contributed by atoms with Crippen molar-refractivity contribution < 1.29 is 13.9 Å². The third kappa shape index (κ3) is 2.93. The predicted molar refractivity (Wildman–Crippen MR) is 77.5 cm³/mol. The number of anilines is 1. The minimum absolute atomic E-state index is 0.298. The van der Waals surface area contributed by atoms with E-state index in [1.54, 1.807) is 31.2 Å². The lowest BCUT2D eigenvalue weighted by molar-refractivity contribution is 0.0601.